The van der Waals surface area contributed by atoms with Crippen molar-refractivity contribution < 1.29 is 19.4 Å². The van der Waals surface area contributed by atoms with Crippen LogP contribution in [0.2, 0.25) is 18.6 Å². The van der Waals surface area contributed by atoms with Crippen molar-refractivity contribution in [3.63, 3.8) is 0 Å². The van der Waals surface area contributed by atoms with Gasteiger partial charge in [0.2, 0.25) is 0 Å². The minimum absolute atomic E-state index is 0.0212. The maximum atomic E-state index is 14.3. The maximum Gasteiger partial charge on any atom is 0.264 e. The van der Waals surface area contributed by atoms with E-state index in [2.05, 4.69) is 33.2 Å². The van der Waals surface area contributed by atoms with Gasteiger partial charge in [0.15, 0.2) is 13.9 Å². The van der Waals surface area contributed by atoms with Gasteiger partial charge in [0.05, 0.1) is 24.0 Å². The molecule has 3 heterocycles. The molecule has 4 atom stereocenters. The third kappa shape index (κ3) is 4.70. The van der Waals surface area contributed by atoms with Crippen LogP contribution in [0.15, 0.2) is 59.2 Å². The van der Waals surface area contributed by atoms with Gasteiger partial charge in [-0.25, -0.2) is 0 Å². The van der Waals surface area contributed by atoms with Crippen molar-refractivity contribution in [3.8, 4) is 0 Å². The molecule has 1 amide bonds. The summed E-state index contributed by atoms with van der Waals surface area (Å²) in [5, 5.41) is 17.5. The lowest BCUT2D eigenvalue weighted by Crippen LogP contribution is -2.46. The van der Waals surface area contributed by atoms with E-state index in [4.69, 9.17) is 4.74 Å². The third-order valence-corrected chi connectivity index (χ3v) is 10.7. The molecule has 1 spiro atoms. The number of nitrogens with zero attached hydrogens (tertiary/aromatic N) is 4. The molecule has 0 radical (unpaired) electrons. The number of amides is 1. The number of rotatable bonds is 8. The second-order valence-electron chi connectivity index (χ2n) is 10.6. The first-order chi connectivity index (χ1) is 17.6. The molecule has 2 aromatic carbocycles. The van der Waals surface area contributed by atoms with Crippen LogP contribution in [-0.2, 0) is 34.6 Å². The Morgan fingerprint density at radius 1 is 1.19 bits per heavy atom. The zero-order valence-electron chi connectivity index (χ0n) is 21.3. The van der Waals surface area contributed by atoms with E-state index in [-0.39, 0.29) is 30.1 Å². The number of fused-ring (bicyclic) bond motifs is 2. The lowest BCUT2D eigenvalue weighted by atomic mass is 9.82. The van der Waals surface area contributed by atoms with Gasteiger partial charge in [-0.15, -0.1) is 5.10 Å². The molecule has 1 saturated heterocycles. The lowest BCUT2D eigenvalue weighted by molar-refractivity contribution is -0.146. The van der Waals surface area contributed by atoms with Gasteiger partial charge in [-0.1, -0.05) is 58.4 Å². The highest BCUT2D eigenvalue weighted by molar-refractivity contribution is 9.10. The Balaban J connectivity index is 1.50. The predicted molar refractivity (Wildman–Crippen MR) is 146 cm³/mol. The Bertz CT molecular complexity index is 1280. The molecule has 0 aliphatic carbocycles. The predicted octanol–water partition coefficient (Wildman–Crippen LogP) is 4.01. The average Bonchev–Trinajstić information content (AvgIpc) is 3.49. The molecule has 3 aromatic rings. The van der Waals surface area contributed by atoms with Crippen LogP contribution in [0.3, 0.4) is 0 Å². The molecule has 2 N–H and O–H groups in total. The molecule has 37 heavy (non-hydrogen) atoms. The fourth-order valence-electron chi connectivity index (χ4n) is 6.18. The van der Waals surface area contributed by atoms with Gasteiger partial charge in [-0.2, -0.15) is 0 Å². The molecule has 0 unspecified atom stereocenters. The zero-order valence-corrected chi connectivity index (χ0v) is 23.9. The van der Waals surface area contributed by atoms with Crippen molar-refractivity contribution in [1.82, 2.24) is 15.0 Å². The number of aliphatic hydroxyl groups excluding tert-OH is 1. The molecule has 1 fully saturated rings. The highest BCUT2D eigenvalue weighted by atomic mass is 79.9. The van der Waals surface area contributed by atoms with Crippen molar-refractivity contribution in [2.45, 2.75) is 63.2 Å². The minimum atomic E-state index is -2.74. The number of carbonyl (C=O) groups is 1. The average molecular weight is 586 g/mol. The van der Waals surface area contributed by atoms with Gasteiger partial charge in [-0.05, 0) is 43.3 Å². The summed E-state index contributed by atoms with van der Waals surface area (Å²) in [4.78, 5) is 27.6. The number of ether oxygens (including phenoxy) is 1. The van der Waals surface area contributed by atoms with Gasteiger partial charge in [-0.3, -0.25) is 9.48 Å². The van der Waals surface area contributed by atoms with Gasteiger partial charge in [0.25, 0.3) is 5.91 Å². The highest BCUT2D eigenvalue weighted by Gasteiger charge is 2.66. The van der Waals surface area contributed by atoms with Crippen LogP contribution in [0, 0.1) is 5.92 Å². The number of aryl methyl sites for hydroxylation is 1. The second-order valence-corrected chi connectivity index (χ2v) is 15.5. The molecule has 8 nitrogen and oxygen atoms in total. The van der Waals surface area contributed by atoms with Gasteiger partial charge >= 0.3 is 0 Å². The summed E-state index contributed by atoms with van der Waals surface area (Å²) < 4.78 is 9.49. The summed E-state index contributed by atoms with van der Waals surface area (Å²) in [5.41, 5.74) is 2.16. The minimum Gasteiger partial charge on any atom is -0.432 e. The van der Waals surface area contributed by atoms with Crippen LogP contribution in [0.4, 0.5) is 5.69 Å². The van der Waals surface area contributed by atoms with Gasteiger partial charge in [0.1, 0.15) is 0 Å². The largest absolute Gasteiger partial charge is 0.432 e. The van der Waals surface area contributed by atoms with Crippen molar-refractivity contribution in [2.24, 2.45) is 5.92 Å². The molecule has 2 aliphatic rings. The fraction of sp³-hybridized carbons (Fsp3) is 0.444. The summed E-state index contributed by atoms with van der Waals surface area (Å²) in [6, 6.07) is 15.9. The first kappa shape index (κ1) is 26.2. The number of carbonyl (C=O) groups excluding carboxylic acids is 1. The highest BCUT2D eigenvalue weighted by Crippen LogP contribution is 2.60. The summed E-state index contributed by atoms with van der Waals surface area (Å²) in [6.07, 6.45) is 2.55. The Morgan fingerprint density at radius 3 is 2.65 bits per heavy atom. The van der Waals surface area contributed by atoms with Gasteiger partial charge < -0.3 is 19.5 Å². The monoisotopic (exact) mass is 584 g/mol. The van der Waals surface area contributed by atoms with Crippen LogP contribution in [0.1, 0.15) is 30.2 Å². The molecule has 1 aromatic heterocycles. The van der Waals surface area contributed by atoms with E-state index in [0.717, 1.165) is 27.0 Å². The first-order valence-corrected chi connectivity index (χ1v) is 16.5. The van der Waals surface area contributed by atoms with E-state index >= 15 is 0 Å². The van der Waals surface area contributed by atoms with Crippen LogP contribution in [0.25, 0.3) is 0 Å². The normalized spacial score (nSPS) is 25.3. The van der Waals surface area contributed by atoms with Crippen LogP contribution >= 0.6 is 15.9 Å². The molecular weight excluding hydrogens is 552 g/mol. The standard InChI is InChI=1S/C27H33BrN4O4Si/c1-18-25(37(2,3)35)24(11-13-31-17-21(12-14-33)29-30-31)36-27(18)22-15-20(28)9-10-23(22)32(26(27)34)16-19-7-5-4-6-8-19/h4-10,15,17-18,24-25,33,35H,11-14,16H2,1-3H3/t18-,24+,25-,27+/m1/s1. The second kappa shape index (κ2) is 10.1. The Hall–Kier alpha value is -2.37. The van der Waals surface area contributed by atoms with E-state index in [0.29, 0.717) is 25.9 Å². The molecule has 5 rings (SSSR count). The lowest BCUT2D eigenvalue weighted by Gasteiger charge is -2.32. The maximum absolute atomic E-state index is 14.3. The summed E-state index contributed by atoms with van der Waals surface area (Å²) >= 11 is 3.61. The van der Waals surface area contributed by atoms with E-state index in [9.17, 15) is 14.7 Å². The number of benzene rings is 2. The van der Waals surface area contributed by atoms with Crippen molar-refractivity contribution in [3.05, 3.63) is 76.0 Å². The number of hydrogen-bond donors (Lipinski definition) is 2. The van der Waals surface area contributed by atoms with E-state index in [1.807, 2.05) is 72.7 Å². The smallest absolute Gasteiger partial charge is 0.264 e. The summed E-state index contributed by atoms with van der Waals surface area (Å²) in [5.74, 6) is -0.292. The van der Waals surface area contributed by atoms with Gasteiger partial charge in [0, 0.05) is 47.3 Å². The molecule has 0 bridgehead atoms. The van der Waals surface area contributed by atoms with Crippen LogP contribution < -0.4 is 4.90 Å². The molecule has 10 heteroatoms. The van der Waals surface area contributed by atoms with Crippen molar-refractivity contribution in [2.75, 3.05) is 11.5 Å². The van der Waals surface area contributed by atoms with Crippen molar-refractivity contribution in [1.29, 1.82) is 0 Å². The molecular formula is C27H33BrN4O4Si. The Kier molecular flexibility index (Phi) is 7.14. The molecule has 2 aliphatic heterocycles. The third-order valence-electron chi connectivity index (χ3n) is 7.73. The Labute approximate surface area is 226 Å². The Morgan fingerprint density at radius 2 is 1.95 bits per heavy atom. The molecule has 196 valence electrons. The number of aromatic nitrogens is 3. The van der Waals surface area contributed by atoms with Crippen LogP contribution in [-0.4, -0.2) is 51.8 Å². The van der Waals surface area contributed by atoms with Crippen molar-refractivity contribution >= 4 is 35.8 Å². The number of anilines is 1. The fourth-order valence-corrected chi connectivity index (χ4v) is 9.14. The number of halogens is 1. The zero-order chi connectivity index (χ0) is 26.4. The topological polar surface area (TPSA) is 101 Å². The van der Waals surface area contributed by atoms with E-state index in [1.165, 1.54) is 0 Å². The molecule has 0 saturated carbocycles. The first-order valence-electron chi connectivity index (χ1n) is 12.7. The summed E-state index contributed by atoms with van der Waals surface area (Å²) in [7, 11) is -2.74. The van der Waals surface area contributed by atoms with E-state index in [1.54, 1.807) is 4.68 Å². The van der Waals surface area contributed by atoms with E-state index < -0.39 is 13.9 Å². The summed E-state index contributed by atoms with van der Waals surface area (Å²) in [6.45, 7) is 6.93. The number of hydrogen-bond acceptors (Lipinski definition) is 6. The number of aliphatic hydroxyl groups is 1. The van der Waals surface area contributed by atoms with Crippen LogP contribution in [0.5, 0.6) is 0 Å². The SMILES string of the molecule is C[C@@H]1[C@@H]([Si](C)(C)O)[C@H](CCn2cc(CCO)nn2)O[C@@]12C(=O)N(Cc1ccccc1)c1ccc(Br)cc12. The quantitative estimate of drug-likeness (QED) is 0.388.